The molecule has 1 aromatic rings. The number of para-hydroxylation sites is 1. The molecule has 1 unspecified atom stereocenters. The fourth-order valence-corrected chi connectivity index (χ4v) is 1.19. The zero-order chi connectivity index (χ0) is 11.1. The molecule has 4 heteroatoms. The molecule has 0 bridgehead atoms. The van der Waals surface area contributed by atoms with Gasteiger partial charge in [-0.1, -0.05) is 18.2 Å². The molecule has 1 atom stereocenters. The minimum atomic E-state index is -0.804. The lowest BCUT2D eigenvalue weighted by molar-refractivity contribution is -0.137. The fraction of sp³-hybridized carbons (Fsp3) is 0.364. The van der Waals surface area contributed by atoms with Crippen molar-refractivity contribution in [2.24, 2.45) is 5.73 Å². The number of benzene rings is 1. The summed E-state index contributed by atoms with van der Waals surface area (Å²) in [5, 5.41) is 8.43. The quantitative estimate of drug-likeness (QED) is 0.698. The van der Waals surface area contributed by atoms with Crippen molar-refractivity contribution in [1.82, 2.24) is 0 Å². The number of carbonyl (C=O) groups is 1. The second-order valence-corrected chi connectivity index (χ2v) is 3.26. The first-order valence-corrected chi connectivity index (χ1v) is 4.87. The zero-order valence-corrected chi connectivity index (χ0v) is 8.43. The van der Waals surface area contributed by atoms with Crippen LogP contribution in [0.2, 0.25) is 0 Å². The van der Waals surface area contributed by atoms with E-state index in [1.54, 1.807) is 0 Å². The molecule has 3 N–H and O–H groups in total. The summed E-state index contributed by atoms with van der Waals surface area (Å²) in [5.41, 5.74) is 5.68. The lowest BCUT2D eigenvalue weighted by atomic mass is 10.2. The molecular weight excluding hydrogens is 194 g/mol. The topological polar surface area (TPSA) is 72.6 Å². The minimum Gasteiger partial charge on any atom is -0.481 e. The van der Waals surface area contributed by atoms with Gasteiger partial charge < -0.3 is 9.84 Å². The first-order valence-electron chi connectivity index (χ1n) is 4.87. The van der Waals surface area contributed by atoms with E-state index in [1.807, 2.05) is 30.3 Å². The molecule has 0 aliphatic heterocycles. The first kappa shape index (κ1) is 11.5. The first-order chi connectivity index (χ1) is 7.18. The summed E-state index contributed by atoms with van der Waals surface area (Å²) < 4.78 is 5.38. The Bertz CT molecular complexity index is 300. The summed E-state index contributed by atoms with van der Waals surface area (Å²) in [4.78, 5) is 10.3. The summed E-state index contributed by atoms with van der Waals surface area (Å²) in [5.74, 6) is -0.0952. The van der Waals surface area contributed by atoms with E-state index in [1.165, 1.54) is 0 Å². The maximum Gasteiger partial charge on any atom is 0.303 e. The molecule has 0 heterocycles. The van der Waals surface area contributed by atoms with E-state index in [0.29, 0.717) is 18.6 Å². The number of rotatable bonds is 6. The van der Waals surface area contributed by atoms with Crippen LogP contribution in [0.5, 0.6) is 5.75 Å². The number of aliphatic carboxylic acids is 1. The molecule has 0 radical (unpaired) electrons. The van der Waals surface area contributed by atoms with Gasteiger partial charge in [0.25, 0.3) is 0 Å². The van der Waals surface area contributed by atoms with Crippen molar-refractivity contribution < 1.29 is 14.6 Å². The third kappa shape index (κ3) is 5.02. The van der Waals surface area contributed by atoms with Crippen molar-refractivity contribution in [3.05, 3.63) is 30.3 Å². The van der Waals surface area contributed by atoms with Crippen LogP contribution in [-0.2, 0) is 4.79 Å². The highest BCUT2D eigenvalue weighted by atomic mass is 16.5. The van der Waals surface area contributed by atoms with E-state index in [9.17, 15) is 4.79 Å². The standard InChI is InChI=1S/C11H15NO3/c12-10(7-4-8-11(13)14)15-9-5-2-1-3-6-9/h1-3,5-6,10H,4,7-8,12H2,(H,13,14). The van der Waals surface area contributed by atoms with Gasteiger partial charge in [-0.05, 0) is 25.0 Å². The third-order valence-corrected chi connectivity index (χ3v) is 1.91. The van der Waals surface area contributed by atoms with E-state index in [2.05, 4.69) is 0 Å². The predicted molar refractivity (Wildman–Crippen MR) is 56.5 cm³/mol. The molecule has 0 amide bonds. The normalized spacial score (nSPS) is 12.1. The highest BCUT2D eigenvalue weighted by Crippen LogP contribution is 2.11. The van der Waals surface area contributed by atoms with Crippen LogP contribution in [0.3, 0.4) is 0 Å². The molecule has 82 valence electrons. The van der Waals surface area contributed by atoms with E-state index >= 15 is 0 Å². The second-order valence-electron chi connectivity index (χ2n) is 3.26. The fourth-order valence-electron chi connectivity index (χ4n) is 1.19. The monoisotopic (exact) mass is 209 g/mol. The Morgan fingerprint density at radius 3 is 2.67 bits per heavy atom. The predicted octanol–water partition coefficient (Wildman–Crippen LogP) is 1.61. The molecule has 0 aromatic heterocycles. The number of carboxylic acids is 1. The van der Waals surface area contributed by atoms with Crippen LogP contribution >= 0.6 is 0 Å². The van der Waals surface area contributed by atoms with Crippen molar-refractivity contribution in [3.8, 4) is 5.75 Å². The molecular formula is C11H15NO3. The third-order valence-electron chi connectivity index (χ3n) is 1.91. The molecule has 1 rings (SSSR count). The number of hydrogen-bond acceptors (Lipinski definition) is 3. The summed E-state index contributed by atoms with van der Waals surface area (Å²) in [6, 6.07) is 9.25. The van der Waals surface area contributed by atoms with E-state index in [4.69, 9.17) is 15.6 Å². The average molecular weight is 209 g/mol. The van der Waals surface area contributed by atoms with Gasteiger partial charge in [-0.2, -0.15) is 0 Å². The molecule has 0 spiro atoms. The van der Waals surface area contributed by atoms with Crippen LogP contribution in [-0.4, -0.2) is 17.3 Å². The minimum absolute atomic E-state index is 0.131. The lowest BCUT2D eigenvalue weighted by Crippen LogP contribution is -2.27. The highest BCUT2D eigenvalue weighted by molar-refractivity contribution is 5.66. The van der Waals surface area contributed by atoms with Crippen LogP contribution in [0.15, 0.2) is 30.3 Å². The maximum atomic E-state index is 10.3. The molecule has 1 aromatic carbocycles. The molecule has 15 heavy (non-hydrogen) atoms. The Labute approximate surface area is 88.7 Å². The van der Waals surface area contributed by atoms with Crippen LogP contribution in [0, 0.1) is 0 Å². The number of nitrogens with two attached hydrogens (primary N) is 1. The molecule has 0 saturated carbocycles. The van der Waals surface area contributed by atoms with Gasteiger partial charge in [-0.25, -0.2) is 0 Å². The van der Waals surface area contributed by atoms with Crippen molar-refractivity contribution in [1.29, 1.82) is 0 Å². The highest BCUT2D eigenvalue weighted by Gasteiger charge is 2.05. The van der Waals surface area contributed by atoms with Crippen LogP contribution in [0.4, 0.5) is 0 Å². The Kier molecular flexibility index (Phi) is 4.63. The summed E-state index contributed by atoms with van der Waals surface area (Å²) >= 11 is 0. The zero-order valence-electron chi connectivity index (χ0n) is 8.43. The molecule has 0 saturated heterocycles. The van der Waals surface area contributed by atoms with Crippen molar-refractivity contribution in [3.63, 3.8) is 0 Å². The van der Waals surface area contributed by atoms with Crippen LogP contribution in [0.1, 0.15) is 19.3 Å². The van der Waals surface area contributed by atoms with Crippen molar-refractivity contribution in [2.45, 2.75) is 25.5 Å². The Hall–Kier alpha value is -1.55. The van der Waals surface area contributed by atoms with Gasteiger partial charge in [0.1, 0.15) is 12.0 Å². The van der Waals surface area contributed by atoms with Crippen molar-refractivity contribution in [2.75, 3.05) is 0 Å². The van der Waals surface area contributed by atoms with Gasteiger partial charge in [-0.15, -0.1) is 0 Å². The van der Waals surface area contributed by atoms with Crippen LogP contribution in [0.25, 0.3) is 0 Å². The average Bonchev–Trinajstić information content (AvgIpc) is 2.18. The van der Waals surface area contributed by atoms with Gasteiger partial charge in [0.05, 0.1) is 0 Å². The number of carboxylic acid groups (broad SMARTS) is 1. The molecule has 4 nitrogen and oxygen atoms in total. The Morgan fingerprint density at radius 1 is 1.40 bits per heavy atom. The van der Waals surface area contributed by atoms with E-state index in [-0.39, 0.29) is 6.42 Å². The largest absolute Gasteiger partial charge is 0.481 e. The molecule has 0 fully saturated rings. The lowest BCUT2D eigenvalue weighted by Gasteiger charge is -2.13. The SMILES string of the molecule is NC(CCCC(=O)O)Oc1ccccc1. The maximum absolute atomic E-state index is 10.3. The van der Waals surface area contributed by atoms with Gasteiger partial charge in [0.15, 0.2) is 0 Å². The number of hydrogen-bond donors (Lipinski definition) is 2. The van der Waals surface area contributed by atoms with Gasteiger partial charge >= 0.3 is 5.97 Å². The van der Waals surface area contributed by atoms with E-state index < -0.39 is 12.2 Å². The molecule has 0 aliphatic rings. The van der Waals surface area contributed by atoms with Gasteiger partial charge in [-0.3, -0.25) is 10.5 Å². The number of ether oxygens (including phenoxy) is 1. The molecule has 0 aliphatic carbocycles. The summed E-state index contributed by atoms with van der Waals surface area (Å²) in [6.45, 7) is 0. The summed E-state index contributed by atoms with van der Waals surface area (Å²) in [6.07, 6.45) is 0.767. The van der Waals surface area contributed by atoms with Gasteiger partial charge in [0, 0.05) is 6.42 Å². The van der Waals surface area contributed by atoms with E-state index in [0.717, 1.165) is 0 Å². The second kappa shape index (κ2) is 6.03. The summed E-state index contributed by atoms with van der Waals surface area (Å²) in [7, 11) is 0. The van der Waals surface area contributed by atoms with Crippen molar-refractivity contribution >= 4 is 5.97 Å². The Balaban J connectivity index is 2.24. The van der Waals surface area contributed by atoms with Crippen LogP contribution < -0.4 is 10.5 Å². The Morgan fingerprint density at radius 2 is 2.07 bits per heavy atom. The van der Waals surface area contributed by atoms with Gasteiger partial charge in [0.2, 0.25) is 0 Å². The smallest absolute Gasteiger partial charge is 0.303 e.